The van der Waals surface area contributed by atoms with Crippen LogP contribution in [0.3, 0.4) is 0 Å². The molecule has 2 unspecified atom stereocenters. The van der Waals surface area contributed by atoms with Gasteiger partial charge in [0.25, 0.3) is 0 Å². The van der Waals surface area contributed by atoms with Crippen molar-refractivity contribution in [2.75, 3.05) is 18.6 Å². The van der Waals surface area contributed by atoms with E-state index in [4.69, 9.17) is 9.47 Å². The standard InChI is InChI=1S/C26H28N2O3/c1-3-18-31-25-24(21-12-8-5-9-13-21)28(22-14-16-23(30-2)17-15-22)26(29)27(25)19-20-10-6-4-7-11-20/h4-17,24-25H,3,18-19H2,1-2H3. The molecule has 160 valence electrons. The molecule has 0 spiro atoms. The zero-order chi connectivity index (χ0) is 21.6. The maximum Gasteiger partial charge on any atom is 0.327 e. The first-order valence-corrected chi connectivity index (χ1v) is 10.7. The Bertz CT molecular complexity index is 977. The number of anilines is 1. The Hall–Kier alpha value is -3.31. The average molecular weight is 417 g/mol. The molecule has 0 radical (unpaired) electrons. The molecule has 1 fully saturated rings. The highest BCUT2D eigenvalue weighted by atomic mass is 16.5. The van der Waals surface area contributed by atoms with Crippen molar-refractivity contribution < 1.29 is 14.3 Å². The lowest BCUT2D eigenvalue weighted by molar-refractivity contribution is -0.0352. The van der Waals surface area contributed by atoms with Gasteiger partial charge in [-0.3, -0.25) is 9.80 Å². The molecule has 3 aromatic carbocycles. The Balaban J connectivity index is 1.77. The van der Waals surface area contributed by atoms with E-state index in [2.05, 4.69) is 19.1 Å². The first-order valence-electron chi connectivity index (χ1n) is 10.7. The number of hydrogen-bond acceptors (Lipinski definition) is 3. The average Bonchev–Trinajstić information content (AvgIpc) is 3.10. The predicted octanol–water partition coefficient (Wildman–Crippen LogP) is 5.63. The van der Waals surface area contributed by atoms with Crippen LogP contribution in [0.15, 0.2) is 84.9 Å². The molecular formula is C26H28N2O3. The maximum atomic E-state index is 13.8. The molecule has 0 bridgehead atoms. The quantitative estimate of drug-likeness (QED) is 0.478. The third kappa shape index (κ3) is 4.42. The van der Waals surface area contributed by atoms with Crippen LogP contribution in [0.2, 0.25) is 0 Å². The first-order chi connectivity index (χ1) is 15.2. The molecule has 4 rings (SSSR count). The molecule has 31 heavy (non-hydrogen) atoms. The zero-order valence-electron chi connectivity index (χ0n) is 18.0. The van der Waals surface area contributed by atoms with Gasteiger partial charge in [0.2, 0.25) is 0 Å². The molecule has 2 atom stereocenters. The van der Waals surface area contributed by atoms with Crippen LogP contribution in [0.1, 0.15) is 30.5 Å². The van der Waals surface area contributed by atoms with Gasteiger partial charge < -0.3 is 9.47 Å². The van der Waals surface area contributed by atoms with Crippen LogP contribution < -0.4 is 9.64 Å². The molecule has 5 heteroatoms. The van der Waals surface area contributed by atoms with Crippen LogP contribution in [-0.4, -0.2) is 30.9 Å². The summed E-state index contributed by atoms with van der Waals surface area (Å²) in [6, 6.07) is 27.5. The normalized spacial score (nSPS) is 18.5. The first kappa shape index (κ1) is 20.9. The zero-order valence-corrected chi connectivity index (χ0v) is 18.0. The summed E-state index contributed by atoms with van der Waals surface area (Å²) in [6.07, 6.45) is 0.491. The molecular weight excluding hydrogens is 388 g/mol. The molecule has 5 nitrogen and oxygen atoms in total. The molecule has 1 aliphatic heterocycles. The lowest BCUT2D eigenvalue weighted by atomic mass is 10.0. The fraction of sp³-hybridized carbons (Fsp3) is 0.269. The Kier molecular flexibility index (Phi) is 6.53. The molecule has 0 N–H and O–H groups in total. The summed E-state index contributed by atoms with van der Waals surface area (Å²) >= 11 is 0. The van der Waals surface area contributed by atoms with E-state index in [0.29, 0.717) is 13.2 Å². The van der Waals surface area contributed by atoms with Crippen LogP contribution >= 0.6 is 0 Å². The highest BCUT2D eigenvalue weighted by molar-refractivity contribution is 5.95. The molecule has 1 aliphatic rings. The highest BCUT2D eigenvalue weighted by Crippen LogP contribution is 2.40. The summed E-state index contributed by atoms with van der Waals surface area (Å²) in [7, 11) is 1.64. The SMILES string of the molecule is CCCOC1C(c2ccccc2)N(c2ccc(OC)cc2)C(=O)N1Cc1ccccc1. The second-order valence-electron chi connectivity index (χ2n) is 7.58. The molecule has 2 amide bonds. The van der Waals surface area contributed by atoms with Crippen molar-refractivity contribution in [3.8, 4) is 5.75 Å². The smallest absolute Gasteiger partial charge is 0.327 e. The van der Waals surface area contributed by atoms with Gasteiger partial charge in [-0.05, 0) is 41.8 Å². The number of nitrogens with zero attached hydrogens (tertiary/aromatic N) is 2. The summed E-state index contributed by atoms with van der Waals surface area (Å²) in [5.74, 6) is 0.756. The molecule has 3 aromatic rings. The number of amides is 2. The van der Waals surface area contributed by atoms with E-state index < -0.39 is 6.23 Å². The van der Waals surface area contributed by atoms with E-state index in [1.54, 1.807) is 7.11 Å². The lowest BCUT2D eigenvalue weighted by Gasteiger charge is -2.28. The Morgan fingerprint density at radius 1 is 0.871 bits per heavy atom. The number of carbonyl (C=O) groups excluding carboxylic acids is 1. The van der Waals surface area contributed by atoms with E-state index in [-0.39, 0.29) is 12.1 Å². The molecule has 0 saturated carbocycles. The molecule has 0 aliphatic carbocycles. The number of methoxy groups -OCH3 is 1. The second kappa shape index (κ2) is 9.67. The van der Waals surface area contributed by atoms with E-state index in [0.717, 1.165) is 29.0 Å². The number of ether oxygens (including phenoxy) is 2. The van der Waals surface area contributed by atoms with Gasteiger partial charge in [-0.2, -0.15) is 0 Å². The number of rotatable bonds is 8. The van der Waals surface area contributed by atoms with Crippen LogP contribution in [0, 0.1) is 0 Å². The lowest BCUT2D eigenvalue weighted by Crippen LogP contribution is -2.36. The van der Waals surface area contributed by atoms with Gasteiger partial charge in [0, 0.05) is 12.3 Å². The van der Waals surface area contributed by atoms with Gasteiger partial charge in [-0.25, -0.2) is 4.79 Å². The Morgan fingerprint density at radius 3 is 2.13 bits per heavy atom. The fourth-order valence-corrected chi connectivity index (χ4v) is 4.00. The Labute approximate surface area is 183 Å². The molecule has 0 aromatic heterocycles. The second-order valence-corrected chi connectivity index (χ2v) is 7.58. The molecule has 1 heterocycles. The monoisotopic (exact) mass is 416 g/mol. The van der Waals surface area contributed by atoms with Crippen molar-refractivity contribution in [1.82, 2.24) is 4.90 Å². The van der Waals surface area contributed by atoms with Crippen molar-refractivity contribution >= 4 is 11.7 Å². The van der Waals surface area contributed by atoms with Crippen molar-refractivity contribution in [3.63, 3.8) is 0 Å². The summed E-state index contributed by atoms with van der Waals surface area (Å²) < 4.78 is 11.6. The Morgan fingerprint density at radius 2 is 1.52 bits per heavy atom. The molecule has 1 saturated heterocycles. The van der Waals surface area contributed by atoms with Crippen molar-refractivity contribution in [2.24, 2.45) is 0 Å². The number of benzene rings is 3. The van der Waals surface area contributed by atoms with Crippen LogP contribution in [0.4, 0.5) is 10.5 Å². The third-order valence-electron chi connectivity index (χ3n) is 5.49. The van der Waals surface area contributed by atoms with E-state index in [1.165, 1.54) is 0 Å². The summed E-state index contributed by atoms with van der Waals surface area (Å²) in [6.45, 7) is 3.16. The third-order valence-corrected chi connectivity index (χ3v) is 5.49. The maximum absolute atomic E-state index is 13.8. The minimum absolute atomic E-state index is 0.0658. The van der Waals surface area contributed by atoms with Gasteiger partial charge in [-0.15, -0.1) is 0 Å². The van der Waals surface area contributed by atoms with Gasteiger partial charge >= 0.3 is 6.03 Å². The van der Waals surface area contributed by atoms with E-state index in [1.807, 2.05) is 82.6 Å². The largest absolute Gasteiger partial charge is 0.497 e. The minimum atomic E-state index is -0.392. The predicted molar refractivity (Wildman–Crippen MR) is 122 cm³/mol. The van der Waals surface area contributed by atoms with Crippen molar-refractivity contribution in [3.05, 3.63) is 96.1 Å². The number of hydrogen-bond donors (Lipinski definition) is 0. The van der Waals surface area contributed by atoms with Crippen LogP contribution in [0.5, 0.6) is 5.75 Å². The van der Waals surface area contributed by atoms with Crippen LogP contribution in [0.25, 0.3) is 0 Å². The van der Waals surface area contributed by atoms with Crippen LogP contribution in [-0.2, 0) is 11.3 Å². The number of carbonyl (C=O) groups is 1. The van der Waals surface area contributed by atoms with E-state index in [9.17, 15) is 4.79 Å². The van der Waals surface area contributed by atoms with E-state index >= 15 is 0 Å². The van der Waals surface area contributed by atoms with Gasteiger partial charge in [0.15, 0.2) is 6.23 Å². The van der Waals surface area contributed by atoms with Gasteiger partial charge in [-0.1, -0.05) is 67.6 Å². The topological polar surface area (TPSA) is 42.0 Å². The van der Waals surface area contributed by atoms with Gasteiger partial charge in [0.05, 0.1) is 13.7 Å². The van der Waals surface area contributed by atoms with Gasteiger partial charge in [0.1, 0.15) is 11.8 Å². The minimum Gasteiger partial charge on any atom is -0.497 e. The van der Waals surface area contributed by atoms with Crippen molar-refractivity contribution in [1.29, 1.82) is 0 Å². The van der Waals surface area contributed by atoms with Crippen molar-refractivity contribution in [2.45, 2.75) is 32.2 Å². The fourth-order valence-electron chi connectivity index (χ4n) is 4.00. The summed E-state index contributed by atoms with van der Waals surface area (Å²) in [4.78, 5) is 17.4. The number of urea groups is 1. The summed E-state index contributed by atoms with van der Waals surface area (Å²) in [5, 5.41) is 0. The summed E-state index contributed by atoms with van der Waals surface area (Å²) in [5.41, 5.74) is 2.94. The highest BCUT2D eigenvalue weighted by Gasteiger charge is 2.48.